The van der Waals surface area contributed by atoms with Gasteiger partial charge in [0.2, 0.25) is 5.91 Å². The number of amides is 2. The van der Waals surface area contributed by atoms with Crippen molar-refractivity contribution in [3.8, 4) is 0 Å². The minimum absolute atomic E-state index is 0.00582. The third-order valence-electron chi connectivity index (χ3n) is 2.94. The van der Waals surface area contributed by atoms with E-state index >= 15 is 0 Å². The molecule has 1 aliphatic rings. The van der Waals surface area contributed by atoms with Gasteiger partial charge in [-0.15, -0.1) is 0 Å². The molecular weight excluding hydrogens is 288 g/mol. The molecule has 2 atom stereocenters. The van der Waals surface area contributed by atoms with E-state index in [1.54, 1.807) is 34.6 Å². The molecule has 1 saturated carbocycles. The van der Waals surface area contributed by atoms with E-state index in [0.717, 1.165) is 12.8 Å². The Hall–Kier alpha value is -1.79. The first-order valence-electron chi connectivity index (χ1n) is 7.62. The van der Waals surface area contributed by atoms with Crippen LogP contribution in [0.5, 0.6) is 0 Å². The number of hydrogen-bond donors (Lipinski definition) is 2. The van der Waals surface area contributed by atoms with Gasteiger partial charge in [0.25, 0.3) is 0 Å². The lowest BCUT2D eigenvalue weighted by atomic mass is 10.2. The summed E-state index contributed by atoms with van der Waals surface area (Å²) in [5, 5.41) is 5.04. The SMILES string of the molecule is CCC(NC(=O)OC(C)(C)C)C(=O)NC(C)C(=O)OC1CC1. The lowest BCUT2D eigenvalue weighted by Crippen LogP contribution is -2.51. The first kappa shape index (κ1) is 18.3. The largest absolute Gasteiger partial charge is 0.461 e. The maximum atomic E-state index is 12.1. The van der Waals surface area contributed by atoms with E-state index in [2.05, 4.69) is 10.6 Å². The van der Waals surface area contributed by atoms with Gasteiger partial charge in [-0.25, -0.2) is 9.59 Å². The van der Waals surface area contributed by atoms with Crippen LogP contribution < -0.4 is 10.6 Å². The molecule has 0 aromatic heterocycles. The summed E-state index contributed by atoms with van der Waals surface area (Å²) in [4.78, 5) is 35.5. The van der Waals surface area contributed by atoms with Crippen molar-refractivity contribution in [2.75, 3.05) is 0 Å². The van der Waals surface area contributed by atoms with Crippen LogP contribution in [-0.4, -0.2) is 41.8 Å². The Morgan fingerprint density at radius 2 is 1.77 bits per heavy atom. The zero-order valence-corrected chi connectivity index (χ0v) is 13.9. The van der Waals surface area contributed by atoms with Crippen LogP contribution >= 0.6 is 0 Å². The smallest absolute Gasteiger partial charge is 0.408 e. The lowest BCUT2D eigenvalue weighted by Gasteiger charge is -2.23. The van der Waals surface area contributed by atoms with Gasteiger partial charge in [-0.2, -0.15) is 0 Å². The molecule has 2 unspecified atom stereocenters. The standard InChI is InChI=1S/C15H26N2O5/c1-6-11(17-14(20)22-15(3,4)5)12(18)16-9(2)13(19)21-10-7-8-10/h9-11H,6-8H2,1-5H3,(H,16,18)(H,17,20). The van der Waals surface area contributed by atoms with Gasteiger partial charge in [0.15, 0.2) is 0 Å². The van der Waals surface area contributed by atoms with Crippen LogP contribution in [0.15, 0.2) is 0 Å². The van der Waals surface area contributed by atoms with E-state index in [9.17, 15) is 14.4 Å². The van der Waals surface area contributed by atoms with Crippen molar-refractivity contribution < 1.29 is 23.9 Å². The predicted octanol–water partition coefficient (Wildman–Crippen LogP) is 1.50. The van der Waals surface area contributed by atoms with Gasteiger partial charge in [0.05, 0.1) is 0 Å². The monoisotopic (exact) mass is 314 g/mol. The molecule has 1 rings (SSSR count). The molecular formula is C15H26N2O5. The predicted molar refractivity (Wildman–Crippen MR) is 80.2 cm³/mol. The molecule has 0 bridgehead atoms. The van der Waals surface area contributed by atoms with Crippen LogP contribution in [0, 0.1) is 0 Å². The molecule has 7 nitrogen and oxygen atoms in total. The summed E-state index contributed by atoms with van der Waals surface area (Å²) in [5.74, 6) is -0.892. The second-order valence-electron chi connectivity index (χ2n) is 6.47. The summed E-state index contributed by atoms with van der Waals surface area (Å²) in [6.07, 6.45) is 1.47. The Labute approximate surface area is 131 Å². The lowest BCUT2D eigenvalue weighted by molar-refractivity contribution is -0.148. The van der Waals surface area contributed by atoms with E-state index in [1.165, 1.54) is 0 Å². The molecule has 0 aromatic carbocycles. The second kappa shape index (κ2) is 7.47. The molecule has 2 N–H and O–H groups in total. The number of hydrogen-bond acceptors (Lipinski definition) is 5. The zero-order valence-electron chi connectivity index (χ0n) is 13.9. The summed E-state index contributed by atoms with van der Waals surface area (Å²) < 4.78 is 10.2. The van der Waals surface area contributed by atoms with Crippen LogP contribution in [0.2, 0.25) is 0 Å². The molecule has 22 heavy (non-hydrogen) atoms. The molecule has 0 heterocycles. The Morgan fingerprint density at radius 3 is 2.23 bits per heavy atom. The van der Waals surface area contributed by atoms with Crippen molar-refractivity contribution in [1.29, 1.82) is 0 Å². The van der Waals surface area contributed by atoms with Crippen LogP contribution in [0.4, 0.5) is 4.79 Å². The van der Waals surface area contributed by atoms with Crippen LogP contribution in [0.25, 0.3) is 0 Å². The van der Waals surface area contributed by atoms with Gasteiger partial charge < -0.3 is 20.1 Å². The number of alkyl carbamates (subject to hydrolysis) is 1. The fourth-order valence-corrected chi connectivity index (χ4v) is 1.63. The zero-order chi connectivity index (χ0) is 16.9. The summed E-state index contributed by atoms with van der Waals surface area (Å²) in [6.45, 7) is 8.54. The molecule has 2 amide bonds. The normalized spacial score (nSPS) is 17.1. The van der Waals surface area contributed by atoms with Gasteiger partial charge >= 0.3 is 12.1 Å². The van der Waals surface area contributed by atoms with E-state index in [0.29, 0.717) is 6.42 Å². The summed E-state index contributed by atoms with van der Waals surface area (Å²) in [6, 6.07) is -1.51. The third kappa shape index (κ3) is 6.78. The van der Waals surface area contributed by atoms with Crippen molar-refractivity contribution in [2.45, 2.75) is 77.7 Å². The summed E-state index contributed by atoms with van der Waals surface area (Å²) in [7, 11) is 0. The van der Waals surface area contributed by atoms with Gasteiger partial charge in [0, 0.05) is 0 Å². The van der Waals surface area contributed by atoms with Gasteiger partial charge in [-0.05, 0) is 47.0 Å². The molecule has 0 saturated heterocycles. The fraction of sp³-hybridized carbons (Fsp3) is 0.800. The maximum absolute atomic E-state index is 12.1. The molecule has 1 fully saturated rings. The van der Waals surface area contributed by atoms with Gasteiger partial charge in [-0.3, -0.25) is 4.79 Å². The quantitative estimate of drug-likeness (QED) is 0.725. The molecule has 0 aliphatic heterocycles. The van der Waals surface area contributed by atoms with E-state index in [1.807, 2.05) is 0 Å². The molecule has 0 spiro atoms. The van der Waals surface area contributed by atoms with Crippen LogP contribution in [-0.2, 0) is 19.1 Å². The Balaban J connectivity index is 2.45. The highest BCUT2D eigenvalue weighted by Gasteiger charge is 2.30. The topological polar surface area (TPSA) is 93.7 Å². The highest BCUT2D eigenvalue weighted by molar-refractivity contribution is 5.89. The number of carbonyl (C=O) groups excluding carboxylic acids is 3. The average Bonchev–Trinajstić information content (AvgIpc) is 3.17. The maximum Gasteiger partial charge on any atom is 0.408 e. The van der Waals surface area contributed by atoms with Crippen molar-refractivity contribution in [3.63, 3.8) is 0 Å². The van der Waals surface area contributed by atoms with E-state index in [-0.39, 0.29) is 6.10 Å². The number of rotatable bonds is 6. The third-order valence-corrected chi connectivity index (χ3v) is 2.94. The Bertz CT molecular complexity index is 426. The fourth-order valence-electron chi connectivity index (χ4n) is 1.63. The number of ether oxygens (including phenoxy) is 2. The van der Waals surface area contributed by atoms with E-state index < -0.39 is 35.7 Å². The Morgan fingerprint density at radius 1 is 1.18 bits per heavy atom. The number of nitrogens with one attached hydrogen (secondary N) is 2. The second-order valence-corrected chi connectivity index (χ2v) is 6.47. The van der Waals surface area contributed by atoms with E-state index in [4.69, 9.17) is 9.47 Å². The highest BCUT2D eigenvalue weighted by Crippen LogP contribution is 2.23. The van der Waals surface area contributed by atoms with Crippen molar-refractivity contribution in [3.05, 3.63) is 0 Å². The summed E-state index contributed by atoms with van der Waals surface area (Å²) in [5.41, 5.74) is -0.639. The summed E-state index contributed by atoms with van der Waals surface area (Å²) >= 11 is 0. The first-order valence-corrected chi connectivity index (χ1v) is 7.62. The number of esters is 1. The minimum Gasteiger partial charge on any atom is -0.461 e. The van der Waals surface area contributed by atoms with Crippen molar-refractivity contribution >= 4 is 18.0 Å². The molecule has 0 radical (unpaired) electrons. The molecule has 7 heteroatoms. The minimum atomic E-state index is -0.758. The average molecular weight is 314 g/mol. The van der Waals surface area contributed by atoms with Gasteiger partial charge in [-0.1, -0.05) is 6.92 Å². The molecule has 126 valence electrons. The highest BCUT2D eigenvalue weighted by atomic mass is 16.6. The van der Waals surface area contributed by atoms with Gasteiger partial charge in [0.1, 0.15) is 23.8 Å². The Kier molecular flexibility index (Phi) is 6.20. The number of carbonyl (C=O) groups is 3. The van der Waals surface area contributed by atoms with Crippen molar-refractivity contribution in [2.24, 2.45) is 0 Å². The van der Waals surface area contributed by atoms with Crippen LogP contribution in [0.1, 0.15) is 53.9 Å². The van der Waals surface area contributed by atoms with Crippen molar-refractivity contribution in [1.82, 2.24) is 10.6 Å². The van der Waals surface area contributed by atoms with Crippen LogP contribution in [0.3, 0.4) is 0 Å². The molecule has 1 aliphatic carbocycles. The first-order chi connectivity index (χ1) is 10.1. The molecule has 0 aromatic rings.